The highest BCUT2D eigenvalue weighted by molar-refractivity contribution is 6.31. The molecule has 112 valence electrons. The molecule has 0 amide bonds. The molecule has 0 fully saturated rings. The van der Waals surface area contributed by atoms with E-state index >= 15 is 0 Å². The number of benzene rings is 1. The first-order valence-corrected chi connectivity index (χ1v) is 7.32. The van der Waals surface area contributed by atoms with E-state index in [4.69, 9.17) is 17.3 Å². The maximum absolute atomic E-state index is 13.2. The summed E-state index contributed by atoms with van der Waals surface area (Å²) in [5.41, 5.74) is 7.74. The topological polar surface area (TPSA) is 42.2 Å². The minimum absolute atomic E-state index is 0.0647. The summed E-state index contributed by atoms with van der Waals surface area (Å²) >= 11 is 6.17. The molecular formula is C16H19ClFN3. The third-order valence-corrected chi connectivity index (χ3v) is 3.81. The van der Waals surface area contributed by atoms with Gasteiger partial charge in [-0.2, -0.15) is 0 Å². The molecule has 0 spiro atoms. The van der Waals surface area contributed by atoms with Crippen LogP contribution < -0.4 is 5.73 Å². The van der Waals surface area contributed by atoms with Gasteiger partial charge >= 0.3 is 0 Å². The summed E-state index contributed by atoms with van der Waals surface area (Å²) in [6.07, 6.45) is 1.77. The Morgan fingerprint density at radius 1 is 1.33 bits per heavy atom. The number of pyridine rings is 1. The quantitative estimate of drug-likeness (QED) is 0.889. The molecule has 0 radical (unpaired) electrons. The number of aromatic nitrogens is 1. The highest BCUT2D eigenvalue weighted by Crippen LogP contribution is 2.28. The molecule has 5 heteroatoms. The van der Waals surface area contributed by atoms with Gasteiger partial charge in [0.15, 0.2) is 0 Å². The number of hydrogen-bond donors (Lipinski definition) is 1. The molecule has 0 bridgehead atoms. The van der Waals surface area contributed by atoms with E-state index in [1.165, 1.54) is 12.1 Å². The van der Waals surface area contributed by atoms with E-state index in [9.17, 15) is 4.39 Å². The normalized spacial score (nSPS) is 12.6. The molecule has 0 aliphatic rings. The van der Waals surface area contributed by atoms with Gasteiger partial charge in [0.25, 0.3) is 0 Å². The van der Waals surface area contributed by atoms with E-state index in [2.05, 4.69) is 16.8 Å². The van der Waals surface area contributed by atoms with Crippen molar-refractivity contribution in [1.29, 1.82) is 0 Å². The monoisotopic (exact) mass is 307 g/mol. The van der Waals surface area contributed by atoms with Crippen molar-refractivity contribution in [3.63, 3.8) is 0 Å². The Hall–Kier alpha value is -1.49. The zero-order chi connectivity index (χ0) is 15.2. The molecule has 21 heavy (non-hydrogen) atoms. The number of likely N-dealkylation sites (N-methyl/N-ethyl adjacent to an activating group) is 1. The van der Waals surface area contributed by atoms with Crippen LogP contribution in [-0.2, 0) is 6.54 Å². The summed E-state index contributed by atoms with van der Waals surface area (Å²) in [6, 6.07) is 10.2. The zero-order valence-electron chi connectivity index (χ0n) is 12.0. The molecule has 1 heterocycles. The van der Waals surface area contributed by atoms with E-state index in [0.717, 1.165) is 17.8 Å². The van der Waals surface area contributed by atoms with Gasteiger partial charge in [0, 0.05) is 30.4 Å². The molecule has 2 rings (SSSR count). The maximum Gasteiger partial charge on any atom is 0.124 e. The minimum atomic E-state index is -0.340. The van der Waals surface area contributed by atoms with Crippen molar-refractivity contribution in [2.45, 2.75) is 19.5 Å². The fraction of sp³-hybridized carbons (Fsp3) is 0.312. The molecular weight excluding hydrogens is 289 g/mol. The second kappa shape index (κ2) is 7.50. The molecule has 0 aliphatic heterocycles. The number of nitrogens with two attached hydrogens (primary N) is 1. The summed E-state index contributed by atoms with van der Waals surface area (Å²) < 4.78 is 13.2. The van der Waals surface area contributed by atoms with Crippen LogP contribution in [0.1, 0.15) is 24.2 Å². The molecule has 0 saturated heterocycles. The Kier molecular flexibility index (Phi) is 5.67. The number of rotatable bonds is 6. The summed E-state index contributed by atoms with van der Waals surface area (Å²) in [4.78, 5) is 6.52. The van der Waals surface area contributed by atoms with Crippen molar-refractivity contribution in [2.24, 2.45) is 5.73 Å². The van der Waals surface area contributed by atoms with Crippen LogP contribution in [0.5, 0.6) is 0 Å². The van der Waals surface area contributed by atoms with Gasteiger partial charge in [-0.05, 0) is 36.4 Å². The summed E-state index contributed by atoms with van der Waals surface area (Å²) in [7, 11) is 0. The Morgan fingerprint density at radius 2 is 2.14 bits per heavy atom. The van der Waals surface area contributed by atoms with Gasteiger partial charge in [-0.15, -0.1) is 0 Å². The van der Waals surface area contributed by atoms with Gasteiger partial charge in [0.1, 0.15) is 5.82 Å². The van der Waals surface area contributed by atoms with Gasteiger partial charge in [-0.3, -0.25) is 9.88 Å². The van der Waals surface area contributed by atoms with Gasteiger partial charge in [-0.25, -0.2) is 4.39 Å². The molecule has 1 atom stereocenters. The minimum Gasteiger partial charge on any atom is -0.329 e. The third-order valence-electron chi connectivity index (χ3n) is 3.48. The Morgan fingerprint density at radius 3 is 2.71 bits per heavy atom. The van der Waals surface area contributed by atoms with Crippen LogP contribution in [0.4, 0.5) is 4.39 Å². The predicted molar refractivity (Wildman–Crippen MR) is 83.5 cm³/mol. The molecule has 0 aliphatic carbocycles. The Bertz CT molecular complexity index is 577. The fourth-order valence-electron chi connectivity index (χ4n) is 2.39. The first kappa shape index (κ1) is 15.9. The van der Waals surface area contributed by atoms with Crippen LogP contribution in [0, 0.1) is 5.82 Å². The fourth-order valence-corrected chi connectivity index (χ4v) is 2.68. The highest BCUT2D eigenvalue weighted by Gasteiger charge is 2.21. The van der Waals surface area contributed by atoms with Crippen molar-refractivity contribution >= 4 is 11.6 Å². The molecule has 1 unspecified atom stereocenters. The van der Waals surface area contributed by atoms with Crippen molar-refractivity contribution in [3.8, 4) is 0 Å². The second-order valence-corrected chi connectivity index (χ2v) is 5.21. The van der Waals surface area contributed by atoms with E-state index < -0.39 is 0 Å². The highest BCUT2D eigenvalue weighted by atomic mass is 35.5. The van der Waals surface area contributed by atoms with Gasteiger partial charge in [0.05, 0.1) is 5.69 Å². The van der Waals surface area contributed by atoms with Crippen molar-refractivity contribution in [1.82, 2.24) is 9.88 Å². The van der Waals surface area contributed by atoms with Crippen molar-refractivity contribution in [2.75, 3.05) is 13.1 Å². The number of nitrogens with zero attached hydrogens (tertiary/aromatic N) is 2. The van der Waals surface area contributed by atoms with Gasteiger partial charge in [-0.1, -0.05) is 30.7 Å². The molecule has 0 saturated carbocycles. The van der Waals surface area contributed by atoms with E-state index in [1.54, 1.807) is 12.3 Å². The van der Waals surface area contributed by atoms with Crippen LogP contribution in [0.3, 0.4) is 0 Å². The predicted octanol–water partition coefficient (Wildman–Crippen LogP) is 3.40. The van der Waals surface area contributed by atoms with Crippen LogP contribution in [-0.4, -0.2) is 23.0 Å². The molecule has 1 aromatic carbocycles. The average molecular weight is 308 g/mol. The van der Waals surface area contributed by atoms with Gasteiger partial charge in [0.2, 0.25) is 0 Å². The van der Waals surface area contributed by atoms with Crippen molar-refractivity contribution < 1.29 is 4.39 Å². The first-order valence-electron chi connectivity index (χ1n) is 6.94. The van der Waals surface area contributed by atoms with E-state index in [0.29, 0.717) is 18.1 Å². The molecule has 1 aromatic heterocycles. The lowest BCUT2D eigenvalue weighted by Crippen LogP contribution is -2.33. The number of halogens is 2. The zero-order valence-corrected chi connectivity index (χ0v) is 12.7. The average Bonchev–Trinajstić information content (AvgIpc) is 2.49. The van der Waals surface area contributed by atoms with E-state index in [1.807, 2.05) is 18.2 Å². The largest absolute Gasteiger partial charge is 0.329 e. The molecule has 2 N–H and O–H groups in total. The smallest absolute Gasteiger partial charge is 0.124 e. The third kappa shape index (κ3) is 4.00. The first-order chi connectivity index (χ1) is 10.2. The van der Waals surface area contributed by atoms with E-state index in [-0.39, 0.29) is 11.9 Å². The van der Waals surface area contributed by atoms with Crippen molar-refractivity contribution in [3.05, 3.63) is 64.7 Å². The SMILES string of the molecule is CCN(Cc1ccccn1)C(CN)c1ccc(F)cc1Cl. The maximum atomic E-state index is 13.2. The molecule has 2 aromatic rings. The van der Waals surface area contributed by atoms with Gasteiger partial charge < -0.3 is 5.73 Å². The van der Waals surface area contributed by atoms with Crippen LogP contribution >= 0.6 is 11.6 Å². The Balaban J connectivity index is 2.25. The lowest BCUT2D eigenvalue weighted by Gasteiger charge is -2.30. The standard InChI is InChI=1S/C16H19ClFN3/c1-2-21(11-13-5-3-4-8-20-13)16(10-19)14-7-6-12(18)9-15(14)17/h3-9,16H,2,10-11,19H2,1H3. The number of hydrogen-bond acceptors (Lipinski definition) is 3. The van der Waals surface area contributed by atoms with Crippen LogP contribution in [0.15, 0.2) is 42.6 Å². The Labute approximate surface area is 129 Å². The summed E-state index contributed by atoms with van der Waals surface area (Å²) in [6.45, 7) is 3.94. The summed E-state index contributed by atoms with van der Waals surface area (Å²) in [5.74, 6) is -0.340. The summed E-state index contributed by atoms with van der Waals surface area (Å²) in [5, 5.41) is 0.407. The van der Waals surface area contributed by atoms with Crippen LogP contribution in [0.25, 0.3) is 0 Å². The lowest BCUT2D eigenvalue weighted by atomic mass is 10.0. The second-order valence-electron chi connectivity index (χ2n) is 4.80. The molecule has 3 nitrogen and oxygen atoms in total. The van der Waals surface area contributed by atoms with Crippen LogP contribution in [0.2, 0.25) is 5.02 Å². The lowest BCUT2D eigenvalue weighted by molar-refractivity contribution is 0.201.